The Morgan fingerprint density at radius 1 is 1.30 bits per heavy atom. The SMILES string of the molecule is CC(C)C(N)CCN(C)CC1CCCc2ccccc21. The van der Waals surface area contributed by atoms with Gasteiger partial charge in [-0.25, -0.2) is 0 Å². The van der Waals surface area contributed by atoms with Gasteiger partial charge < -0.3 is 10.6 Å². The summed E-state index contributed by atoms with van der Waals surface area (Å²) in [5, 5.41) is 0. The summed E-state index contributed by atoms with van der Waals surface area (Å²) in [6.45, 7) is 6.70. The topological polar surface area (TPSA) is 29.3 Å². The minimum Gasteiger partial charge on any atom is -0.327 e. The Kier molecular flexibility index (Phi) is 5.62. The molecule has 20 heavy (non-hydrogen) atoms. The van der Waals surface area contributed by atoms with Crippen molar-refractivity contribution in [1.29, 1.82) is 0 Å². The van der Waals surface area contributed by atoms with E-state index in [1.165, 1.54) is 25.8 Å². The van der Waals surface area contributed by atoms with Crippen molar-refractivity contribution in [2.24, 2.45) is 11.7 Å². The summed E-state index contributed by atoms with van der Waals surface area (Å²) >= 11 is 0. The molecule has 2 unspecified atom stereocenters. The molecule has 0 saturated heterocycles. The van der Waals surface area contributed by atoms with Crippen LogP contribution in [0.4, 0.5) is 0 Å². The molecule has 2 heteroatoms. The first-order chi connectivity index (χ1) is 9.58. The Morgan fingerprint density at radius 3 is 2.80 bits per heavy atom. The zero-order valence-corrected chi connectivity index (χ0v) is 13.3. The molecule has 0 aromatic heterocycles. The Bertz CT molecular complexity index is 414. The number of likely N-dealkylation sites (N-methyl/N-ethyl adjacent to an activating group) is 1. The molecule has 2 N–H and O–H groups in total. The predicted octanol–water partition coefficient (Wildman–Crippen LogP) is 3.41. The first-order valence-electron chi connectivity index (χ1n) is 8.10. The number of aryl methyl sites for hydroxylation is 1. The molecule has 1 aliphatic carbocycles. The van der Waals surface area contributed by atoms with Gasteiger partial charge in [0.1, 0.15) is 0 Å². The number of hydrogen-bond donors (Lipinski definition) is 1. The molecule has 0 fully saturated rings. The van der Waals surface area contributed by atoms with Crippen LogP contribution in [-0.4, -0.2) is 31.1 Å². The van der Waals surface area contributed by atoms with Crippen molar-refractivity contribution in [1.82, 2.24) is 4.90 Å². The summed E-state index contributed by atoms with van der Waals surface area (Å²) < 4.78 is 0. The highest BCUT2D eigenvalue weighted by Crippen LogP contribution is 2.31. The lowest BCUT2D eigenvalue weighted by atomic mass is 9.82. The molecule has 2 nitrogen and oxygen atoms in total. The van der Waals surface area contributed by atoms with Crippen LogP contribution in [0.5, 0.6) is 0 Å². The van der Waals surface area contributed by atoms with Crippen molar-refractivity contribution < 1.29 is 0 Å². The molecule has 0 bridgehead atoms. The Morgan fingerprint density at radius 2 is 2.05 bits per heavy atom. The van der Waals surface area contributed by atoms with Gasteiger partial charge in [0.25, 0.3) is 0 Å². The number of nitrogens with zero attached hydrogens (tertiary/aromatic N) is 1. The van der Waals surface area contributed by atoms with Gasteiger partial charge in [0.2, 0.25) is 0 Å². The third-order valence-corrected chi connectivity index (χ3v) is 4.73. The van der Waals surface area contributed by atoms with Gasteiger partial charge in [0.05, 0.1) is 0 Å². The van der Waals surface area contributed by atoms with Crippen LogP contribution >= 0.6 is 0 Å². The second-order valence-corrected chi connectivity index (χ2v) is 6.75. The summed E-state index contributed by atoms with van der Waals surface area (Å²) in [5.74, 6) is 1.29. The average molecular weight is 274 g/mol. The Labute approximate surface area is 124 Å². The van der Waals surface area contributed by atoms with E-state index in [0.29, 0.717) is 17.9 Å². The van der Waals surface area contributed by atoms with Crippen LogP contribution in [0.2, 0.25) is 0 Å². The molecule has 0 saturated carbocycles. The van der Waals surface area contributed by atoms with Crippen LogP contribution in [0.15, 0.2) is 24.3 Å². The van der Waals surface area contributed by atoms with E-state index >= 15 is 0 Å². The lowest BCUT2D eigenvalue weighted by Gasteiger charge is -2.30. The third kappa shape index (κ3) is 4.07. The monoisotopic (exact) mass is 274 g/mol. The zero-order valence-electron chi connectivity index (χ0n) is 13.3. The minimum atomic E-state index is 0.330. The zero-order chi connectivity index (χ0) is 14.5. The molecule has 1 aliphatic rings. The Balaban J connectivity index is 1.88. The van der Waals surface area contributed by atoms with Gasteiger partial charge in [-0.05, 0) is 62.2 Å². The number of nitrogens with two attached hydrogens (primary N) is 1. The molecule has 112 valence electrons. The average Bonchev–Trinajstić information content (AvgIpc) is 2.45. The smallest absolute Gasteiger partial charge is 0.00740 e. The fourth-order valence-electron chi connectivity index (χ4n) is 3.21. The van der Waals surface area contributed by atoms with Gasteiger partial charge in [-0.2, -0.15) is 0 Å². The number of benzene rings is 1. The van der Waals surface area contributed by atoms with E-state index in [0.717, 1.165) is 13.0 Å². The highest BCUT2D eigenvalue weighted by molar-refractivity contribution is 5.32. The number of fused-ring (bicyclic) bond motifs is 1. The van der Waals surface area contributed by atoms with E-state index in [9.17, 15) is 0 Å². The number of rotatable bonds is 6. The maximum absolute atomic E-state index is 6.15. The molecule has 2 atom stereocenters. The van der Waals surface area contributed by atoms with Gasteiger partial charge in [-0.1, -0.05) is 38.1 Å². The van der Waals surface area contributed by atoms with E-state index in [-0.39, 0.29) is 0 Å². The van der Waals surface area contributed by atoms with Crippen LogP contribution in [0.25, 0.3) is 0 Å². The third-order valence-electron chi connectivity index (χ3n) is 4.73. The molecule has 0 heterocycles. The van der Waals surface area contributed by atoms with E-state index in [2.05, 4.69) is 50.1 Å². The summed E-state index contributed by atoms with van der Waals surface area (Å²) in [7, 11) is 2.24. The highest BCUT2D eigenvalue weighted by Gasteiger charge is 2.21. The van der Waals surface area contributed by atoms with Gasteiger partial charge in [0, 0.05) is 12.6 Å². The second-order valence-electron chi connectivity index (χ2n) is 6.75. The van der Waals surface area contributed by atoms with Crippen molar-refractivity contribution in [3.8, 4) is 0 Å². The fraction of sp³-hybridized carbons (Fsp3) is 0.667. The van der Waals surface area contributed by atoms with Crippen molar-refractivity contribution in [3.05, 3.63) is 35.4 Å². The van der Waals surface area contributed by atoms with Crippen molar-refractivity contribution in [2.45, 2.75) is 51.5 Å². The van der Waals surface area contributed by atoms with Gasteiger partial charge >= 0.3 is 0 Å². The van der Waals surface area contributed by atoms with Gasteiger partial charge in [-0.3, -0.25) is 0 Å². The standard InChI is InChI=1S/C18H30N2/c1-14(2)18(19)11-12-20(3)13-16-9-6-8-15-7-4-5-10-17(15)16/h4-5,7,10,14,16,18H,6,8-9,11-13,19H2,1-3H3. The highest BCUT2D eigenvalue weighted by atomic mass is 15.1. The minimum absolute atomic E-state index is 0.330. The largest absolute Gasteiger partial charge is 0.327 e. The summed E-state index contributed by atoms with van der Waals surface area (Å²) in [5.41, 5.74) is 9.30. The van der Waals surface area contributed by atoms with E-state index < -0.39 is 0 Å². The molecule has 0 amide bonds. The van der Waals surface area contributed by atoms with Crippen molar-refractivity contribution >= 4 is 0 Å². The molecule has 1 aromatic carbocycles. The lowest BCUT2D eigenvalue weighted by Crippen LogP contribution is -2.34. The van der Waals surface area contributed by atoms with Gasteiger partial charge in [-0.15, -0.1) is 0 Å². The van der Waals surface area contributed by atoms with Gasteiger partial charge in [0.15, 0.2) is 0 Å². The molecule has 0 radical (unpaired) electrons. The van der Waals surface area contributed by atoms with Crippen LogP contribution in [0, 0.1) is 5.92 Å². The van der Waals surface area contributed by atoms with Crippen molar-refractivity contribution in [3.63, 3.8) is 0 Å². The first kappa shape index (κ1) is 15.5. The predicted molar refractivity (Wildman–Crippen MR) is 87.0 cm³/mol. The lowest BCUT2D eigenvalue weighted by molar-refractivity contribution is 0.276. The molecular weight excluding hydrogens is 244 g/mol. The van der Waals surface area contributed by atoms with E-state index in [1.54, 1.807) is 11.1 Å². The first-order valence-corrected chi connectivity index (χ1v) is 8.10. The molecule has 2 rings (SSSR count). The molecule has 0 spiro atoms. The van der Waals surface area contributed by atoms with E-state index in [4.69, 9.17) is 5.73 Å². The summed E-state index contributed by atoms with van der Waals surface area (Å²) in [4.78, 5) is 2.47. The second kappa shape index (κ2) is 7.24. The summed E-state index contributed by atoms with van der Waals surface area (Å²) in [6, 6.07) is 9.32. The quantitative estimate of drug-likeness (QED) is 0.861. The van der Waals surface area contributed by atoms with Crippen LogP contribution in [-0.2, 0) is 6.42 Å². The van der Waals surface area contributed by atoms with Crippen LogP contribution in [0.1, 0.15) is 50.2 Å². The number of hydrogen-bond acceptors (Lipinski definition) is 2. The summed E-state index contributed by atoms with van der Waals surface area (Å²) in [6.07, 6.45) is 5.02. The fourth-order valence-corrected chi connectivity index (χ4v) is 3.21. The normalized spacial score (nSPS) is 20.2. The molecule has 0 aliphatic heterocycles. The van der Waals surface area contributed by atoms with Crippen molar-refractivity contribution in [2.75, 3.05) is 20.1 Å². The molecular formula is C18H30N2. The Hall–Kier alpha value is -0.860. The molecule has 1 aromatic rings. The van der Waals surface area contributed by atoms with Crippen LogP contribution in [0.3, 0.4) is 0 Å². The van der Waals surface area contributed by atoms with E-state index in [1.807, 2.05) is 0 Å². The maximum Gasteiger partial charge on any atom is 0.00740 e. The maximum atomic E-state index is 6.15. The van der Waals surface area contributed by atoms with Crippen LogP contribution < -0.4 is 5.73 Å².